The summed E-state index contributed by atoms with van der Waals surface area (Å²) in [5.74, 6) is -1.83. The molecule has 0 aromatic rings. The highest BCUT2D eigenvalue weighted by Gasteiger charge is 2.36. The summed E-state index contributed by atoms with van der Waals surface area (Å²) in [6, 6.07) is 0. The van der Waals surface area contributed by atoms with Crippen molar-refractivity contribution in [1.82, 2.24) is 0 Å². The van der Waals surface area contributed by atoms with E-state index in [1.165, 1.54) is 0 Å². The summed E-state index contributed by atoms with van der Waals surface area (Å²) in [5.41, 5.74) is 0. The zero-order valence-electron chi connectivity index (χ0n) is 7.80. The first-order chi connectivity index (χ1) is 7.29. The van der Waals surface area contributed by atoms with Gasteiger partial charge in [-0.25, -0.2) is 0 Å². The van der Waals surface area contributed by atoms with Gasteiger partial charge in [0.05, 0.1) is 6.08 Å². The van der Waals surface area contributed by atoms with Crippen LogP contribution in [0, 0.1) is 0 Å². The molecule has 10 heteroatoms. The van der Waals surface area contributed by atoms with E-state index in [-0.39, 0.29) is 0 Å². The molecule has 0 spiro atoms. The monoisotopic (exact) mass is 276 g/mol. The summed E-state index contributed by atoms with van der Waals surface area (Å²) >= 11 is 0. The molecule has 0 saturated heterocycles. The third kappa shape index (κ3) is 11.2. The van der Waals surface area contributed by atoms with Crippen LogP contribution in [-0.4, -0.2) is 25.1 Å². The average molecular weight is 276 g/mol. The van der Waals surface area contributed by atoms with Gasteiger partial charge in [0.15, 0.2) is 6.61 Å². The fraction of sp³-hybridized carbons (Fsp3) is 0.714. The van der Waals surface area contributed by atoms with Crippen molar-refractivity contribution in [2.75, 3.05) is 6.61 Å². The minimum Gasteiger partial charge on any atom is -0.488 e. The molecule has 0 aliphatic heterocycles. The normalized spacial score (nSPS) is 15.0. The minimum atomic E-state index is -5.19. The van der Waals surface area contributed by atoms with Crippen LogP contribution in [0.5, 0.6) is 0 Å². The lowest BCUT2D eigenvalue weighted by Crippen LogP contribution is -2.20. The van der Waals surface area contributed by atoms with Gasteiger partial charge in [-0.05, 0) is 0 Å². The van der Waals surface area contributed by atoms with Gasteiger partial charge in [0.1, 0.15) is 12.2 Å². The Morgan fingerprint density at radius 2 is 1.29 bits per heavy atom. The topological polar surface area (TPSA) is 9.23 Å². The van der Waals surface area contributed by atoms with Crippen molar-refractivity contribution in [2.24, 2.45) is 0 Å². The Labute approximate surface area is 88.8 Å². The standard InChI is InChI=1S/C7H5F9O/c8-5(9,10)1-4(2-6(11,12)13)17-3-7(14,15)16/h1H,2-3H2/b4-1+. The van der Waals surface area contributed by atoms with Gasteiger partial charge in [0, 0.05) is 0 Å². The minimum absolute atomic E-state index is 0.952. The van der Waals surface area contributed by atoms with E-state index in [4.69, 9.17) is 0 Å². The van der Waals surface area contributed by atoms with E-state index in [0.29, 0.717) is 0 Å². The van der Waals surface area contributed by atoms with Crippen LogP contribution in [0.3, 0.4) is 0 Å². The summed E-state index contributed by atoms with van der Waals surface area (Å²) in [5, 5.41) is 0. The molecular formula is C7H5F9O. The van der Waals surface area contributed by atoms with E-state index in [9.17, 15) is 39.5 Å². The largest absolute Gasteiger partial charge is 0.488 e. The molecule has 0 radical (unpaired) electrons. The summed E-state index contributed by atoms with van der Waals surface area (Å²) in [6.45, 7) is -2.22. The molecule has 0 N–H and O–H groups in total. The zero-order chi connectivity index (χ0) is 13.9. The molecule has 102 valence electrons. The Balaban J connectivity index is 4.71. The Hall–Kier alpha value is -1.09. The molecule has 17 heavy (non-hydrogen) atoms. The lowest BCUT2D eigenvalue weighted by atomic mass is 10.3. The second-order valence-corrected chi connectivity index (χ2v) is 2.85. The van der Waals surface area contributed by atoms with Crippen molar-refractivity contribution in [3.63, 3.8) is 0 Å². The van der Waals surface area contributed by atoms with Crippen LogP contribution >= 0.6 is 0 Å². The van der Waals surface area contributed by atoms with E-state index in [0.717, 1.165) is 0 Å². The number of alkyl halides is 9. The summed E-state index contributed by atoms with van der Waals surface area (Å²) in [7, 11) is 0. The van der Waals surface area contributed by atoms with Gasteiger partial charge in [-0.3, -0.25) is 0 Å². The van der Waals surface area contributed by atoms with Crippen molar-refractivity contribution in [1.29, 1.82) is 0 Å². The van der Waals surface area contributed by atoms with Gasteiger partial charge in [0.2, 0.25) is 0 Å². The highest BCUT2D eigenvalue weighted by molar-refractivity contribution is 5.00. The van der Waals surface area contributed by atoms with Crippen molar-refractivity contribution in [3.05, 3.63) is 11.8 Å². The third-order valence-corrected chi connectivity index (χ3v) is 1.12. The highest BCUT2D eigenvalue weighted by Crippen LogP contribution is 2.29. The molecular weight excluding hydrogens is 271 g/mol. The first-order valence-electron chi connectivity index (χ1n) is 3.83. The van der Waals surface area contributed by atoms with Crippen LogP contribution < -0.4 is 0 Å². The molecule has 0 aromatic carbocycles. The van der Waals surface area contributed by atoms with Gasteiger partial charge in [0.25, 0.3) is 0 Å². The molecule has 0 heterocycles. The van der Waals surface area contributed by atoms with E-state index >= 15 is 0 Å². The van der Waals surface area contributed by atoms with Crippen LogP contribution in [-0.2, 0) is 4.74 Å². The molecule has 0 aliphatic rings. The maximum Gasteiger partial charge on any atom is 0.422 e. The van der Waals surface area contributed by atoms with Crippen molar-refractivity contribution < 1.29 is 44.3 Å². The Kier molecular flexibility index (Phi) is 4.72. The Morgan fingerprint density at radius 3 is 1.59 bits per heavy atom. The van der Waals surface area contributed by atoms with Crippen LogP contribution in [0.15, 0.2) is 11.8 Å². The van der Waals surface area contributed by atoms with E-state index in [2.05, 4.69) is 4.74 Å². The molecule has 0 saturated carbocycles. The van der Waals surface area contributed by atoms with Crippen molar-refractivity contribution in [2.45, 2.75) is 24.9 Å². The van der Waals surface area contributed by atoms with Crippen LogP contribution in [0.25, 0.3) is 0 Å². The molecule has 1 nitrogen and oxygen atoms in total. The summed E-state index contributed by atoms with van der Waals surface area (Å²) in [4.78, 5) is 0. The maximum absolute atomic E-state index is 11.7. The maximum atomic E-state index is 11.7. The van der Waals surface area contributed by atoms with Gasteiger partial charge in [-0.1, -0.05) is 0 Å². The summed E-state index contributed by atoms with van der Waals surface area (Å²) in [6.07, 6.45) is -18.5. The van der Waals surface area contributed by atoms with Crippen LogP contribution in [0.1, 0.15) is 6.42 Å². The lowest BCUT2D eigenvalue weighted by molar-refractivity contribution is -0.176. The quantitative estimate of drug-likeness (QED) is 0.560. The molecule has 0 unspecified atom stereocenters. The number of halogens is 9. The lowest BCUT2D eigenvalue weighted by Gasteiger charge is -2.15. The first kappa shape index (κ1) is 15.9. The fourth-order valence-corrected chi connectivity index (χ4v) is 0.698. The van der Waals surface area contributed by atoms with Crippen LogP contribution in [0.4, 0.5) is 39.5 Å². The van der Waals surface area contributed by atoms with Gasteiger partial charge < -0.3 is 4.74 Å². The molecule has 0 amide bonds. The highest BCUT2D eigenvalue weighted by atomic mass is 19.4. The SMILES string of the molecule is FC(F)(F)/C=C(\CC(F)(F)F)OCC(F)(F)F. The molecule has 0 bridgehead atoms. The van der Waals surface area contributed by atoms with Crippen molar-refractivity contribution >= 4 is 0 Å². The van der Waals surface area contributed by atoms with Crippen molar-refractivity contribution in [3.8, 4) is 0 Å². The van der Waals surface area contributed by atoms with Gasteiger partial charge >= 0.3 is 18.5 Å². The van der Waals surface area contributed by atoms with E-state index < -0.39 is 43.4 Å². The Bertz CT molecular complexity index is 269. The summed E-state index contributed by atoms with van der Waals surface area (Å²) < 4.78 is 108. The number of ether oxygens (including phenoxy) is 1. The van der Waals surface area contributed by atoms with Crippen LogP contribution in [0.2, 0.25) is 0 Å². The molecule has 0 fully saturated rings. The zero-order valence-corrected chi connectivity index (χ0v) is 7.80. The average Bonchev–Trinajstić information content (AvgIpc) is 1.92. The van der Waals surface area contributed by atoms with E-state index in [1.807, 2.05) is 0 Å². The number of rotatable bonds is 3. The predicted molar refractivity (Wildman–Crippen MR) is 36.8 cm³/mol. The van der Waals surface area contributed by atoms with Gasteiger partial charge in [-0.15, -0.1) is 0 Å². The van der Waals surface area contributed by atoms with Gasteiger partial charge in [-0.2, -0.15) is 39.5 Å². The Morgan fingerprint density at radius 1 is 0.824 bits per heavy atom. The third-order valence-electron chi connectivity index (χ3n) is 1.12. The molecule has 0 aliphatic carbocycles. The second kappa shape index (κ2) is 5.05. The molecule has 0 rings (SSSR count). The molecule has 0 aromatic heterocycles. The number of hydrogen-bond acceptors (Lipinski definition) is 1. The number of allylic oxidation sites excluding steroid dienone is 2. The predicted octanol–water partition coefficient (Wildman–Crippen LogP) is 3.96. The fourth-order valence-electron chi connectivity index (χ4n) is 0.698. The number of hydrogen-bond donors (Lipinski definition) is 0. The first-order valence-corrected chi connectivity index (χ1v) is 3.83. The molecule has 0 atom stereocenters. The van der Waals surface area contributed by atoms with E-state index in [1.54, 1.807) is 0 Å². The smallest absolute Gasteiger partial charge is 0.422 e. The second-order valence-electron chi connectivity index (χ2n) is 2.85.